The van der Waals surface area contributed by atoms with Crippen molar-refractivity contribution in [2.45, 2.75) is 18.0 Å². The molecule has 3 aromatic heterocycles. The van der Waals surface area contributed by atoms with Crippen molar-refractivity contribution in [1.29, 1.82) is 0 Å². The fraction of sp³-hybridized carbons (Fsp3) is 0.318. The van der Waals surface area contributed by atoms with Crippen molar-refractivity contribution in [2.24, 2.45) is 5.14 Å². The van der Waals surface area contributed by atoms with Crippen molar-refractivity contribution in [3.05, 3.63) is 53.7 Å². The number of rotatable bonds is 6. The fourth-order valence-corrected chi connectivity index (χ4v) is 4.74. The van der Waals surface area contributed by atoms with E-state index in [-0.39, 0.29) is 6.54 Å². The number of imidazole rings is 1. The van der Waals surface area contributed by atoms with E-state index >= 15 is 0 Å². The molecule has 4 aromatic rings. The Kier molecular flexibility index (Phi) is 5.90. The van der Waals surface area contributed by atoms with Crippen LogP contribution >= 0.6 is 0 Å². The van der Waals surface area contributed by atoms with Crippen molar-refractivity contribution in [3.8, 4) is 5.88 Å². The molecule has 0 unspecified atom stereocenters. The molecule has 5 rings (SSSR count). The van der Waals surface area contributed by atoms with Crippen LogP contribution < -0.4 is 9.88 Å². The van der Waals surface area contributed by atoms with Gasteiger partial charge in [0.1, 0.15) is 22.1 Å². The van der Waals surface area contributed by atoms with E-state index in [0.717, 1.165) is 29.8 Å². The number of aromatic nitrogens is 4. The number of nitrogens with two attached hydrogens (primary N) is 1. The van der Waals surface area contributed by atoms with Gasteiger partial charge >= 0.3 is 0 Å². The molecular weight excluding hydrogens is 463 g/mol. The third-order valence-corrected chi connectivity index (χ3v) is 6.75. The summed E-state index contributed by atoms with van der Waals surface area (Å²) in [5.74, 6) is 0.328. The Morgan fingerprint density at radius 2 is 1.94 bits per heavy atom. The summed E-state index contributed by atoms with van der Waals surface area (Å²) in [4.78, 5) is 15.4. The SMILES string of the molecule is COc1ccc2c(ncc3nc(CN4CCOCC4)n(Cc4ccc(S(N)(=O)=O)c(F)c4)c32)n1. The minimum atomic E-state index is -4.15. The Balaban J connectivity index is 1.64. The van der Waals surface area contributed by atoms with Crippen LogP contribution in [0.5, 0.6) is 5.88 Å². The van der Waals surface area contributed by atoms with Crippen LogP contribution in [-0.4, -0.2) is 66.2 Å². The van der Waals surface area contributed by atoms with E-state index < -0.39 is 20.7 Å². The molecule has 34 heavy (non-hydrogen) atoms. The molecule has 1 aliphatic rings. The van der Waals surface area contributed by atoms with E-state index in [2.05, 4.69) is 14.9 Å². The van der Waals surface area contributed by atoms with Gasteiger partial charge < -0.3 is 14.0 Å². The first-order valence-corrected chi connectivity index (χ1v) is 12.2. The standard InChI is InChI=1S/C22H23FN6O4S/c1-32-20-5-3-15-21-17(11-25-22(15)27-20)26-19(13-28-6-8-33-9-7-28)29(21)12-14-2-4-18(16(23)10-14)34(24,30)31/h2-5,10-11H,6-9,12-13H2,1H3,(H2,24,30,31). The highest BCUT2D eigenvalue weighted by atomic mass is 32.2. The summed E-state index contributed by atoms with van der Waals surface area (Å²) in [6.07, 6.45) is 1.66. The van der Waals surface area contributed by atoms with E-state index in [0.29, 0.717) is 42.4 Å². The molecular formula is C22H23FN6O4S. The number of ether oxygens (including phenoxy) is 2. The minimum Gasteiger partial charge on any atom is -0.481 e. The molecule has 10 nitrogen and oxygen atoms in total. The van der Waals surface area contributed by atoms with E-state index in [9.17, 15) is 12.8 Å². The smallest absolute Gasteiger partial charge is 0.240 e. The number of benzene rings is 1. The van der Waals surface area contributed by atoms with Crippen LogP contribution in [0.2, 0.25) is 0 Å². The number of pyridine rings is 2. The maximum Gasteiger partial charge on any atom is 0.240 e. The predicted molar refractivity (Wildman–Crippen MR) is 122 cm³/mol. The van der Waals surface area contributed by atoms with Gasteiger partial charge in [0.25, 0.3) is 0 Å². The molecule has 0 saturated carbocycles. The van der Waals surface area contributed by atoms with Crippen LogP contribution in [0.25, 0.3) is 22.1 Å². The number of methoxy groups -OCH3 is 1. The minimum absolute atomic E-state index is 0.267. The maximum atomic E-state index is 14.6. The Labute approximate surface area is 195 Å². The van der Waals surface area contributed by atoms with Gasteiger partial charge in [-0.3, -0.25) is 4.90 Å². The summed E-state index contributed by atoms with van der Waals surface area (Å²) >= 11 is 0. The molecule has 1 aliphatic heterocycles. The second-order valence-electron chi connectivity index (χ2n) is 8.03. The Morgan fingerprint density at radius 1 is 1.15 bits per heavy atom. The second-order valence-corrected chi connectivity index (χ2v) is 9.56. The summed E-state index contributed by atoms with van der Waals surface area (Å²) in [6.45, 7) is 3.69. The molecule has 178 valence electrons. The molecule has 0 amide bonds. The molecule has 2 N–H and O–H groups in total. The van der Waals surface area contributed by atoms with E-state index in [1.165, 1.54) is 19.2 Å². The lowest BCUT2D eigenvalue weighted by atomic mass is 10.2. The van der Waals surface area contributed by atoms with Crippen LogP contribution in [0, 0.1) is 5.82 Å². The van der Waals surface area contributed by atoms with Crippen LogP contribution in [0.3, 0.4) is 0 Å². The van der Waals surface area contributed by atoms with Gasteiger partial charge in [-0.25, -0.2) is 27.9 Å². The van der Waals surface area contributed by atoms with Gasteiger partial charge in [0.15, 0.2) is 5.65 Å². The Hall–Kier alpha value is -3.19. The van der Waals surface area contributed by atoms with E-state index in [4.69, 9.17) is 19.6 Å². The third kappa shape index (κ3) is 4.32. The van der Waals surface area contributed by atoms with Gasteiger partial charge in [0.2, 0.25) is 15.9 Å². The van der Waals surface area contributed by atoms with Crippen molar-refractivity contribution in [3.63, 3.8) is 0 Å². The lowest BCUT2D eigenvalue weighted by molar-refractivity contribution is 0.0327. The summed E-state index contributed by atoms with van der Waals surface area (Å²) in [5, 5.41) is 5.89. The molecule has 0 atom stereocenters. The van der Waals surface area contributed by atoms with Gasteiger partial charge in [-0.2, -0.15) is 4.98 Å². The highest BCUT2D eigenvalue weighted by Crippen LogP contribution is 2.27. The van der Waals surface area contributed by atoms with Gasteiger partial charge in [-0.15, -0.1) is 0 Å². The van der Waals surface area contributed by atoms with Crippen molar-refractivity contribution < 1.29 is 22.3 Å². The number of sulfonamides is 1. The number of halogens is 1. The second kappa shape index (κ2) is 8.87. The van der Waals surface area contributed by atoms with Crippen molar-refractivity contribution in [2.75, 3.05) is 33.4 Å². The summed E-state index contributed by atoms with van der Waals surface area (Å²) in [6, 6.07) is 7.56. The number of hydrogen-bond acceptors (Lipinski definition) is 8. The summed E-state index contributed by atoms with van der Waals surface area (Å²) in [5.41, 5.74) is 2.56. The fourth-order valence-electron chi connectivity index (χ4n) is 4.15. The quantitative estimate of drug-likeness (QED) is 0.436. The number of nitrogens with zero attached hydrogens (tertiary/aromatic N) is 5. The average Bonchev–Trinajstić information content (AvgIpc) is 3.15. The molecule has 0 bridgehead atoms. The number of primary sulfonamides is 1. The van der Waals surface area contributed by atoms with Crippen molar-refractivity contribution in [1.82, 2.24) is 24.4 Å². The highest BCUT2D eigenvalue weighted by molar-refractivity contribution is 7.89. The number of hydrogen-bond donors (Lipinski definition) is 1. The first kappa shape index (κ1) is 22.6. The largest absolute Gasteiger partial charge is 0.481 e. The number of fused-ring (bicyclic) bond motifs is 3. The van der Waals surface area contributed by atoms with E-state index in [1.807, 2.05) is 10.6 Å². The lowest BCUT2D eigenvalue weighted by Gasteiger charge is -2.26. The van der Waals surface area contributed by atoms with Crippen LogP contribution in [0.15, 0.2) is 41.4 Å². The molecule has 4 heterocycles. The van der Waals surface area contributed by atoms with Gasteiger partial charge in [0.05, 0.1) is 38.6 Å². The first-order chi connectivity index (χ1) is 16.3. The van der Waals surface area contributed by atoms with Gasteiger partial charge in [0, 0.05) is 31.1 Å². The average molecular weight is 487 g/mol. The molecule has 1 saturated heterocycles. The molecule has 0 spiro atoms. The van der Waals surface area contributed by atoms with Crippen molar-refractivity contribution >= 4 is 32.1 Å². The normalized spacial score (nSPS) is 15.3. The topological polar surface area (TPSA) is 125 Å². The Morgan fingerprint density at radius 3 is 2.65 bits per heavy atom. The summed E-state index contributed by atoms with van der Waals surface area (Å²) < 4.78 is 50.5. The predicted octanol–water partition coefficient (Wildman–Crippen LogP) is 1.66. The molecule has 0 radical (unpaired) electrons. The zero-order valence-electron chi connectivity index (χ0n) is 18.4. The molecule has 12 heteroatoms. The monoisotopic (exact) mass is 486 g/mol. The van der Waals surface area contributed by atoms with Crippen LogP contribution in [0.1, 0.15) is 11.4 Å². The lowest BCUT2D eigenvalue weighted by Crippen LogP contribution is -2.36. The van der Waals surface area contributed by atoms with Crippen LogP contribution in [-0.2, 0) is 27.8 Å². The molecule has 1 aromatic carbocycles. The zero-order chi connectivity index (χ0) is 23.9. The zero-order valence-corrected chi connectivity index (χ0v) is 19.3. The first-order valence-electron chi connectivity index (χ1n) is 10.6. The maximum absolute atomic E-state index is 14.6. The number of morpholine rings is 1. The van der Waals surface area contributed by atoms with Crippen LogP contribution in [0.4, 0.5) is 4.39 Å². The molecule has 0 aliphatic carbocycles. The van der Waals surface area contributed by atoms with E-state index in [1.54, 1.807) is 18.3 Å². The third-order valence-electron chi connectivity index (χ3n) is 5.81. The van der Waals surface area contributed by atoms with Gasteiger partial charge in [-0.1, -0.05) is 6.07 Å². The summed E-state index contributed by atoms with van der Waals surface area (Å²) in [7, 11) is -2.61. The highest BCUT2D eigenvalue weighted by Gasteiger charge is 2.21. The van der Waals surface area contributed by atoms with Gasteiger partial charge in [-0.05, 0) is 23.8 Å². The molecule has 1 fully saturated rings. The Bertz CT molecular complexity index is 1480.